The number of nitrogens with one attached hydrogen (secondary N) is 1. The summed E-state index contributed by atoms with van der Waals surface area (Å²) in [6.07, 6.45) is 5.62. The van der Waals surface area contributed by atoms with Crippen LogP contribution in [-0.4, -0.2) is 27.4 Å². The minimum Gasteiger partial charge on any atom is -0.312 e. The molecule has 1 atom stereocenters. The van der Waals surface area contributed by atoms with Gasteiger partial charge in [-0.15, -0.1) is 0 Å². The lowest BCUT2D eigenvalue weighted by molar-refractivity contribution is 0.462. The molecule has 0 amide bonds. The molecule has 2 aromatic rings. The average molecular weight is 230 g/mol. The third-order valence-electron chi connectivity index (χ3n) is 3.18. The van der Waals surface area contributed by atoms with Crippen LogP contribution in [-0.2, 0) is 6.54 Å². The molecule has 3 heterocycles. The zero-order valence-electron chi connectivity index (χ0n) is 9.47. The van der Waals surface area contributed by atoms with E-state index in [-0.39, 0.29) is 5.56 Å². The Balaban J connectivity index is 1.99. The minimum atomic E-state index is -0.0516. The SMILES string of the molecule is O=c1c2cccnc2cnn1C[C@@H]1CCCN1. The number of pyridine rings is 1. The fraction of sp³-hybridized carbons (Fsp3) is 0.417. The van der Waals surface area contributed by atoms with E-state index in [0.29, 0.717) is 23.5 Å². The van der Waals surface area contributed by atoms with Crippen LogP contribution in [0.25, 0.3) is 10.9 Å². The van der Waals surface area contributed by atoms with Crippen LogP contribution in [0, 0.1) is 0 Å². The number of rotatable bonds is 2. The maximum atomic E-state index is 12.1. The lowest BCUT2D eigenvalue weighted by Gasteiger charge is -2.11. The molecule has 0 radical (unpaired) electrons. The van der Waals surface area contributed by atoms with Crippen molar-refractivity contribution in [1.29, 1.82) is 0 Å². The molecule has 1 N–H and O–H groups in total. The second-order valence-electron chi connectivity index (χ2n) is 4.36. The maximum Gasteiger partial charge on any atom is 0.276 e. The van der Waals surface area contributed by atoms with Gasteiger partial charge >= 0.3 is 0 Å². The second kappa shape index (κ2) is 4.25. The Morgan fingerprint density at radius 3 is 3.29 bits per heavy atom. The molecule has 1 aliphatic heterocycles. The van der Waals surface area contributed by atoms with Gasteiger partial charge in [-0.2, -0.15) is 5.10 Å². The molecular formula is C12H14N4O. The van der Waals surface area contributed by atoms with Crippen molar-refractivity contribution in [2.24, 2.45) is 0 Å². The van der Waals surface area contributed by atoms with Crippen molar-refractivity contribution in [2.45, 2.75) is 25.4 Å². The number of hydrogen-bond donors (Lipinski definition) is 1. The Labute approximate surface area is 98.5 Å². The zero-order valence-corrected chi connectivity index (χ0v) is 9.47. The van der Waals surface area contributed by atoms with E-state index in [0.717, 1.165) is 13.0 Å². The summed E-state index contributed by atoms with van der Waals surface area (Å²) in [6, 6.07) is 3.95. The maximum absolute atomic E-state index is 12.1. The quantitative estimate of drug-likeness (QED) is 0.818. The van der Waals surface area contributed by atoms with Crippen LogP contribution in [0.5, 0.6) is 0 Å². The molecular weight excluding hydrogens is 216 g/mol. The molecule has 5 nitrogen and oxygen atoms in total. The van der Waals surface area contributed by atoms with Gasteiger partial charge in [-0.1, -0.05) is 0 Å². The van der Waals surface area contributed by atoms with Crippen molar-refractivity contribution < 1.29 is 0 Å². The first-order valence-electron chi connectivity index (χ1n) is 5.89. The molecule has 1 saturated heterocycles. The van der Waals surface area contributed by atoms with Gasteiger partial charge in [-0.3, -0.25) is 9.78 Å². The van der Waals surface area contributed by atoms with Crippen LogP contribution >= 0.6 is 0 Å². The van der Waals surface area contributed by atoms with Gasteiger partial charge < -0.3 is 5.32 Å². The van der Waals surface area contributed by atoms with Gasteiger partial charge in [0, 0.05) is 12.2 Å². The smallest absolute Gasteiger partial charge is 0.276 e. The van der Waals surface area contributed by atoms with E-state index in [1.54, 1.807) is 24.5 Å². The summed E-state index contributed by atoms with van der Waals surface area (Å²) in [7, 11) is 0. The van der Waals surface area contributed by atoms with Crippen LogP contribution in [0.1, 0.15) is 12.8 Å². The predicted octanol–water partition coefficient (Wildman–Crippen LogP) is 0.543. The Morgan fingerprint density at radius 1 is 1.53 bits per heavy atom. The van der Waals surface area contributed by atoms with Crippen LogP contribution < -0.4 is 10.9 Å². The highest BCUT2D eigenvalue weighted by Crippen LogP contribution is 2.07. The van der Waals surface area contributed by atoms with Crippen molar-refractivity contribution in [2.75, 3.05) is 6.54 Å². The predicted molar refractivity (Wildman–Crippen MR) is 64.8 cm³/mol. The van der Waals surface area contributed by atoms with Gasteiger partial charge in [0.15, 0.2) is 0 Å². The van der Waals surface area contributed by atoms with E-state index in [1.165, 1.54) is 11.1 Å². The molecule has 3 rings (SSSR count). The van der Waals surface area contributed by atoms with Crippen LogP contribution in [0.4, 0.5) is 0 Å². The van der Waals surface area contributed by atoms with Crippen LogP contribution in [0.15, 0.2) is 29.3 Å². The van der Waals surface area contributed by atoms with Gasteiger partial charge in [0.25, 0.3) is 5.56 Å². The fourth-order valence-electron chi connectivity index (χ4n) is 2.27. The van der Waals surface area contributed by atoms with E-state index in [9.17, 15) is 4.79 Å². The zero-order chi connectivity index (χ0) is 11.7. The Hall–Kier alpha value is -1.75. The summed E-state index contributed by atoms with van der Waals surface area (Å²) < 4.78 is 1.53. The summed E-state index contributed by atoms with van der Waals surface area (Å²) in [4.78, 5) is 16.3. The van der Waals surface area contributed by atoms with Crippen molar-refractivity contribution >= 4 is 10.9 Å². The molecule has 0 bridgehead atoms. The first-order chi connectivity index (χ1) is 8.34. The number of fused-ring (bicyclic) bond motifs is 1. The van der Waals surface area contributed by atoms with E-state index in [4.69, 9.17) is 0 Å². The van der Waals surface area contributed by atoms with Gasteiger partial charge in [-0.05, 0) is 31.5 Å². The largest absolute Gasteiger partial charge is 0.312 e. The molecule has 0 aliphatic carbocycles. The summed E-state index contributed by atoms with van der Waals surface area (Å²) in [5.74, 6) is 0. The summed E-state index contributed by atoms with van der Waals surface area (Å²) in [5, 5.41) is 8.18. The molecule has 0 aromatic carbocycles. The Morgan fingerprint density at radius 2 is 2.47 bits per heavy atom. The monoisotopic (exact) mass is 230 g/mol. The first-order valence-corrected chi connectivity index (χ1v) is 5.89. The summed E-state index contributed by atoms with van der Waals surface area (Å²) in [6.45, 7) is 1.68. The van der Waals surface area contributed by atoms with E-state index < -0.39 is 0 Å². The van der Waals surface area contributed by atoms with E-state index in [1.807, 2.05) is 0 Å². The number of aromatic nitrogens is 3. The van der Waals surface area contributed by atoms with Crippen LogP contribution in [0.3, 0.4) is 0 Å². The lowest BCUT2D eigenvalue weighted by Crippen LogP contribution is -2.33. The lowest BCUT2D eigenvalue weighted by atomic mass is 10.2. The Bertz CT molecular complexity index is 586. The van der Waals surface area contributed by atoms with Gasteiger partial charge in [0.2, 0.25) is 0 Å². The number of hydrogen-bond acceptors (Lipinski definition) is 4. The molecule has 2 aromatic heterocycles. The molecule has 0 saturated carbocycles. The van der Waals surface area contributed by atoms with Crippen molar-refractivity contribution in [3.63, 3.8) is 0 Å². The number of nitrogens with zero attached hydrogens (tertiary/aromatic N) is 3. The standard InChI is InChI=1S/C12H14N4O/c17-12-10-4-2-6-14-11(10)7-15-16(12)8-9-3-1-5-13-9/h2,4,6-7,9,13H,1,3,5,8H2/t9-/m0/s1. The van der Waals surface area contributed by atoms with Crippen molar-refractivity contribution in [1.82, 2.24) is 20.1 Å². The molecule has 0 unspecified atom stereocenters. The highest BCUT2D eigenvalue weighted by atomic mass is 16.1. The summed E-state index contributed by atoms with van der Waals surface area (Å²) in [5.41, 5.74) is 0.609. The first kappa shape index (κ1) is 10.4. The molecule has 0 spiro atoms. The Kier molecular flexibility index (Phi) is 2.60. The van der Waals surface area contributed by atoms with Crippen molar-refractivity contribution in [3.8, 4) is 0 Å². The third-order valence-corrected chi connectivity index (χ3v) is 3.18. The highest BCUT2D eigenvalue weighted by Gasteiger charge is 2.16. The molecule has 1 aliphatic rings. The van der Waals surface area contributed by atoms with Gasteiger partial charge in [-0.25, -0.2) is 4.68 Å². The minimum absolute atomic E-state index is 0.0516. The molecule has 17 heavy (non-hydrogen) atoms. The summed E-state index contributed by atoms with van der Waals surface area (Å²) >= 11 is 0. The fourth-order valence-corrected chi connectivity index (χ4v) is 2.27. The molecule has 1 fully saturated rings. The average Bonchev–Trinajstić information content (AvgIpc) is 2.86. The second-order valence-corrected chi connectivity index (χ2v) is 4.36. The molecule has 88 valence electrons. The normalized spacial score (nSPS) is 19.9. The van der Waals surface area contributed by atoms with Crippen molar-refractivity contribution in [3.05, 3.63) is 34.9 Å². The topological polar surface area (TPSA) is 59.8 Å². The van der Waals surface area contributed by atoms with Gasteiger partial charge in [0.05, 0.1) is 23.6 Å². The van der Waals surface area contributed by atoms with E-state index >= 15 is 0 Å². The molecule has 5 heteroatoms. The third kappa shape index (κ3) is 1.93. The highest BCUT2D eigenvalue weighted by molar-refractivity contribution is 5.75. The van der Waals surface area contributed by atoms with Gasteiger partial charge in [0.1, 0.15) is 0 Å². The van der Waals surface area contributed by atoms with Crippen LogP contribution in [0.2, 0.25) is 0 Å². The van der Waals surface area contributed by atoms with E-state index in [2.05, 4.69) is 15.4 Å².